The minimum atomic E-state index is -3.63. The molecule has 2 aromatic carbocycles. The van der Waals surface area contributed by atoms with Crippen LogP contribution in [0, 0.1) is 18.3 Å². The molecule has 1 aromatic heterocycles. The highest BCUT2D eigenvalue weighted by Gasteiger charge is 2.32. The van der Waals surface area contributed by atoms with Crippen molar-refractivity contribution in [3.05, 3.63) is 65.5 Å². The van der Waals surface area contributed by atoms with Crippen LogP contribution >= 0.6 is 0 Å². The number of piperidine rings is 1. The molecule has 0 saturated carbocycles. The van der Waals surface area contributed by atoms with E-state index in [1.165, 1.54) is 16.4 Å². The van der Waals surface area contributed by atoms with E-state index in [1.807, 2.05) is 37.3 Å². The van der Waals surface area contributed by atoms with Gasteiger partial charge in [0.05, 0.1) is 16.5 Å². The van der Waals surface area contributed by atoms with E-state index in [1.54, 1.807) is 12.1 Å². The molecule has 148 valence electrons. The highest BCUT2D eigenvalue weighted by molar-refractivity contribution is 7.89. The minimum Gasteiger partial charge on any atom is -0.420 e. The zero-order chi connectivity index (χ0) is 20.4. The van der Waals surface area contributed by atoms with Gasteiger partial charge in [-0.05, 0) is 50.1 Å². The molecule has 8 heteroatoms. The lowest BCUT2D eigenvalue weighted by Crippen LogP contribution is -2.38. The van der Waals surface area contributed by atoms with Crippen LogP contribution in [0.4, 0.5) is 0 Å². The molecule has 1 fully saturated rings. The van der Waals surface area contributed by atoms with E-state index in [0.29, 0.717) is 43.3 Å². The quantitative estimate of drug-likeness (QED) is 0.655. The van der Waals surface area contributed by atoms with Gasteiger partial charge < -0.3 is 4.42 Å². The van der Waals surface area contributed by atoms with Gasteiger partial charge in [0.1, 0.15) is 0 Å². The van der Waals surface area contributed by atoms with E-state index in [4.69, 9.17) is 9.68 Å². The molecule has 7 nitrogen and oxygen atoms in total. The second-order valence-corrected chi connectivity index (χ2v) is 9.07. The predicted octanol–water partition coefficient (Wildman–Crippen LogP) is 3.49. The fraction of sp³-hybridized carbons (Fsp3) is 0.286. The molecular weight excluding hydrogens is 388 g/mol. The zero-order valence-electron chi connectivity index (χ0n) is 15.9. The van der Waals surface area contributed by atoms with Crippen molar-refractivity contribution in [2.24, 2.45) is 0 Å². The molecule has 3 aromatic rings. The Kier molecular flexibility index (Phi) is 5.18. The second kappa shape index (κ2) is 7.78. The number of hydrogen-bond donors (Lipinski definition) is 0. The first-order chi connectivity index (χ1) is 14.0. The van der Waals surface area contributed by atoms with E-state index < -0.39 is 10.0 Å². The summed E-state index contributed by atoms with van der Waals surface area (Å²) in [6.07, 6.45) is 1.21. The van der Waals surface area contributed by atoms with Crippen molar-refractivity contribution >= 4 is 10.0 Å². The molecule has 0 N–H and O–H groups in total. The summed E-state index contributed by atoms with van der Waals surface area (Å²) in [4.78, 5) is 0.148. The molecule has 4 rings (SSSR count). The molecular formula is C21H20N4O3S. The van der Waals surface area contributed by atoms with Crippen LogP contribution in [0.1, 0.15) is 35.8 Å². The molecule has 0 spiro atoms. The first-order valence-electron chi connectivity index (χ1n) is 9.38. The summed E-state index contributed by atoms with van der Waals surface area (Å²) in [7, 11) is -3.63. The van der Waals surface area contributed by atoms with Crippen LogP contribution in [0.2, 0.25) is 0 Å². The van der Waals surface area contributed by atoms with Crippen LogP contribution in [0.3, 0.4) is 0 Å². The minimum absolute atomic E-state index is 0.0265. The Bertz CT molecular complexity index is 1160. The van der Waals surface area contributed by atoms with Gasteiger partial charge in [-0.3, -0.25) is 0 Å². The first-order valence-corrected chi connectivity index (χ1v) is 10.8. The molecule has 29 heavy (non-hydrogen) atoms. The topological polar surface area (TPSA) is 100 Å². The smallest absolute Gasteiger partial charge is 0.247 e. The van der Waals surface area contributed by atoms with Gasteiger partial charge in [-0.25, -0.2) is 8.42 Å². The van der Waals surface area contributed by atoms with Gasteiger partial charge in [0.2, 0.25) is 21.8 Å². The highest BCUT2D eigenvalue weighted by atomic mass is 32.2. The van der Waals surface area contributed by atoms with Crippen LogP contribution < -0.4 is 0 Å². The maximum absolute atomic E-state index is 12.9. The fourth-order valence-corrected chi connectivity index (χ4v) is 4.95. The lowest BCUT2D eigenvalue weighted by Gasteiger charge is -2.29. The lowest BCUT2D eigenvalue weighted by atomic mass is 9.98. The lowest BCUT2D eigenvalue weighted by molar-refractivity contribution is 0.291. The Morgan fingerprint density at radius 2 is 1.83 bits per heavy atom. The van der Waals surface area contributed by atoms with Crippen molar-refractivity contribution in [2.75, 3.05) is 13.1 Å². The maximum Gasteiger partial charge on any atom is 0.247 e. The number of aryl methyl sites for hydroxylation is 1. The molecule has 2 heterocycles. The summed E-state index contributed by atoms with van der Waals surface area (Å²) in [5, 5.41) is 17.3. The maximum atomic E-state index is 12.9. The number of benzene rings is 2. The molecule has 0 radical (unpaired) electrons. The van der Waals surface area contributed by atoms with Crippen molar-refractivity contribution in [3.8, 4) is 17.5 Å². The van der Waals surface area contributed by atoms with Crippen LogP contribution in [-0.2, 0) is 10.0 Å². The SMILES string of the molecule is Cc1ccc(-c2nnc(C3CCN(S(=O)(=O)c4cccc(C#N)c4)CC3)o2)cc1. The normalized spacial score (nSPS) is 15.9. The molecule has 1 aliphatic heterocycles. The third-order valence-electron chi connectivity index (χ3n) is 5.14. The Morgan fingerprint density at radius 3 is 2.52 bits per heavy atom. The number of aromatic nitrogens is 2. The number of hydrogen-bond acceptors (Lipinski definition) is 6. The monoisotopic (exact) mass is 408 g/mol. The Balaban J connectivity index is 1.46. The number of rotatable bonds is 4. The van der Waals surface area contributed by atoms with E-state index in [0.717, 1.165) is 11.1 Å². The van der Waals surface area contributed by atoms with Crippen molar-refractivity contribution in [1.29, 1.82) is 5.26 Å². The summed E-state index contributed by atoms with van der Waals surface area (Å²) in [6, 6.07) is 16.0. The van der Waals surface area contributed by atoms with E-state index in [2.05, 4.69) is 10.2 Å². The second-order valence-electron chi connectivity index (χ2n) is 7.13. The molecule has 0 amide bonds. The summed E-state index contributed by atoms with van der Waals surface area (Å²) < 4.78 is 33.1. The van der Waals surface area contributed by atoms with Gasteiger partial charge in [-0.1, -0.05) is 23.8 Å². The van der Waals surface area contributed by atoms with Crippen molar-refractivity contribution < 1.29 is 12.8 Å². The number of nitriles is 1. The molecule has 1 saturated heterocycles. The average Bonchev–Trinajstić information content (AvgIpc) is 3.24. The summed E-state index contributed by atoms with van der Waals surface area (Å²) >= 11 is 0. The summed E-state index contributed by atoms with van der Waals surface area (Å²) in [6.45, 7) is 2.75. The van der Waals surface area contributed by atoms with Gasteiger partial charge in [-0.2, -0.15) is 9.57 Å². The van der Waals surface area contributed by atoms with Crippen molar-refractivity contribution in [1.82, 2.24) is 14.5 Å². The third kappa shape index (κ3) is 3.92. The predicted molar refractivity (Wildman–Crippen MR) is 106 cm³/mol. The summed E-state index contributed by atoms with van der Waals surface area (Å²) in [5.41, 5.74) is 2.35. The summed E-state index contributed by atoms with van der Waals surface area (Å²) in [5.74, 6) is 1.05. The van der Waals surface area contributed by atoms with E-state index in [9.17, 15) is 8.42 Å². The third-order valence-corrected chi connectivity index (χ3v) is 7.04. The van der Waals surface area contributed by atoms with Gasteiger partial charge in [0.15, 0.2) is 0 Å². The largest absolute Gasteiger partial charge is 0.420 e. The van der Waals surface area contributed by atoms with Gasteiger partial charge in [-0.15, -0.1) is 10.2 Å². The molecule has 0 aliphatic carbocycles. The zero-order valence-corrected chi connectivity index (χ0v) is 16.8. The molecule has 0 atom stereocenters. The van der Waals surface area contributed by atoms with Crippen LogP contribution in [-0.4, -0.2) is 36.0 Å². The molecule has 0 unspecified atom stereocenters. The fourth-order valence-electron chi connectivity index (χ4n) is 3.43. The van der Waals surface area contributed by atoms with E-state index >= 15 is 0 Å². The van der Waals surface area contributed by atoms with Crippen molar-refractivity contribution in [2.45, 2.75) is 30.6 Å². The first kappa shape index (κ1) is 19.3. The van der Waals surface area contributed by atoms with Gasteiger partial charge >= 0.3 is 0 Å². The standard InChI is InChI=1S/C21H20N4O3S/c1-15-5-7-17(8-6-15)20-23-24-21(28-20)18-9-11-25(12-10-18)29(26,27)19-4-2-3-16(13-19)14-22/h2-8,13,18H,9-12H2,1H3. The Morgan fingerprint density at radius 1 is 1.10 bits per heavy atom. The van der Waals surface area contributed by atoms with Crippen LogP contribution in [0.15, 0.2) is 57.8 Å². The Hall–Kier alpha value is -3.02. The van der Waals surface area contributed by atoms with Crippen LogP contribution in [0.5, 0.6) is 0 Å². The van der Waals surface area contributed by atoms with Crippen molar-refractivity contribution in [3.63, 3.8) is 0 Å². The Labute approximate surface area is 169 Å². The number of nitrogens with zero attached hydrogens (tertiary/aromatic N) is 4. The molecule has 0 bridgehead atoms. The van der Waals surface area contributed by atoms with Gasteiger partial charge in [0.25, 0.3) is 0 Å². The highest BCUT2D eigenvalue weighted by Crippen LogP contribution is 2.31. The van der Waals surface area contributed by atoms with E-state index in [-0.39, 0.29) is 10.8 Å². The van der Waals surface area contributed by atoms with Gasteiger partial charge in [0, 0.05) is 24.6 Å². The molecule has 1 aliphatic rings. The number of sulfonamides is 1. The van der Waals surface area contributed by atoms with Crippen LogP contribution in [0.25, 0.3) is 11.5 Å². The average molecular weight is 408 g/mol.